The Morgan fingerprint density at radius 2 is 1.34 bits per heavy atom. The van der Waals surface area contributed by atoms with Gasteiger partial charge in [-0.2, -0.15) is 0 Å². The van der Waals surface area contributed by atoms with Crippen molar-refractivity contribution in [2.75, 3.05) is 0 Å². The first-order valence-electron chi connectivity index (χ1n) is 28.6. The number of hydrogen-bond donors (Lipinski definition) is 0. The van der Waals surface area contributed by atoms with Crippen LogP contribution in [0, 0.1) is 70.2 Å². The van der Waals surface area contributed by atoms with Crippen molar-refractivity contribution in [2.45, 2.75) is 94.7 Å². The van der Waals surface area contributed by atoms with Crippen LogP contribution in [-0.2, 0) is 21.1 Å². The number of aryl methyl sites for hydroxylation is 4. The van der Waals surface area contributed by atoms with Crippen molar-refractivity contribution in [3.8, 4) is 56.3 Å². The van der Waals surface area contributed by atoms with Crippen LogP contribution in [0.2, 0.25) is 0 Å². The van der Waals surface area contributed by atoms with E-state index in [0.29, 0.717) is 33.4 Å². The van der Waals surface area contributed by atoms with Gasteiger partial charge >= 0.3 is 0 Å². The normalized spacial score (nSPS) is 18.3. The van der Waals surface area contributed by atoms with Gasteiger partial charge in [0.05, 0.1) is 5.58 Å². The molecule has 5 heteroatoms. The number of nitrogens with zero attached hydrogens (tertiary/aromatic N) is 2. The van der Waals surface area contributed by atoms with E-state index in [1.165, 1.54) is 6.07 Å². The molecular weight excluding hydrogens is 1050 g/mol. The first kappa shape index (κ1) is 38.3. The molecule has 0 radical (unpaired) electrons. The number of benzene rings is 7. The largest absolute Gasteiger partial charge is 0.501 e. The maximum atomic E-state index is 10.0. The summed E-state index contributed by atoms with van der Waals surface area (Å²) in [5.74, 6) is -0.876. The van der Waals surface area contributed by atoms with E-state index >= 15 is 0 Å². The second-order valence-electron chi connectivity index (χ2n) is 20.9. The third-order valence-corrected chi connectivity index (χ3v) is 15.8. The monoisotopic (exact) mass is 1120 g/mol. The number of hydrogen-bond acceptors (Lipinski definition) is 4. The number of ether oxygens (including phenoxy) is 1. The van der Waals surface area contributed by atoms with Gasteiger partial charge in [-0.1, -0.05) is 191 Å². The van der Waals surface area contributed by atoms with Gasteiger partial charge in [0.15, 0.2) is 0 Å². The summed E-state index contributed by atoms with van der Waals surface area (Å²) in [4.78, 5) is 9.47. The molecule has 7 aromatic carbocycles. The van der Waals surface area contributed by atoms with Crippen molar-refractivity contribution in [3.63, 3.8) is 0 Å². The standard InChI is InChI=1S/C65H60N2O2.CH3.Pt/c1-38-26-58(66-36-40(38)3)47-28-53(43-17-13-12-14-18-43)42(5)60(29-47)68-49-30-56-55-27-46-22-21-44-19-15-16-20-51(44)54(46)33-61(55)69-62(56)57(31-49)59-32-52(41(4)37-67-59)50-24-23-45(25-39(50)2)48-34-63(6,7)65(10,11)64(8,9)35-48;;/h12-28,30,32-33,36-37,48H,34-35H2,1-11H3;1H3;/q-2;-1;/i1D3,3D3,5D3,48D;;. The number of furan rings is 1. The summed E-state index contributed by atoms with van der Waals surface area (Å²) in [7, 11) is 0. The summed E-state index contributed by atoms with van der Waals surface area (Å²) in [6.45, 7) is 9.59. The van der Waals surface area contributed by atoms with Gasteiger partial charge in [0.1, 0.15) is 5.58 Å². The Bertz CT molecular complexity index is 4080. The smallest absolute Gasteiger partial charge is 0.121 e. The summed E-state index contributed by atoms with van der Waals surface area (Å²) in [6, 6.07) is 44.9. The fourth-order valence-corrected chi connectivity index (χ4v) is 10.7. The molecule has 11 rings (SSSR count). The summed E-state index contributed by atoms with van der Waals surface area (Å²) >= 11 is 0. The Morgan fingerprint density at radius 1 is 0.620 bits per heavy atom. The zero-order valence-corrected chi connectivity index (χ0v) is 43.9. The van der Waals surface area contributed by atoms with Crippen molar-refractivity contribution in [3.05, 3.63) is 187 Å². The summed E-state index contributed by atoms with van der Waals surface area (Å²) in [5, 5.41) is 5.55. The molecule has 362 valence electrons. The number of pyridine rings is 2. The minimum atomic E-state index is -2.83. The van der Waals surface area contributed by atoms with Crippen molar-refractivity contribution in [2.24, 2.45) is 16.2 Å². The topological polar surface area (TPSA) is 48.2 Å². The first-order valence-corrected chi connectivity index (χ1v) is 23.6. The van der Waals surface area contributed by atoms with Crippen molar-refractivity contribution >= 4 is 43.5 Å². The Kier molecular flexibility index (Phi) is 9.91. The summed E-state index contributed by atoms with van der Waals surface area (Å²) in [5.41, 5.74) is 6.72. The second kappa shape index (κ2) is 18.4. The van der Waals surface area contributed by atoms with Gasteiger partial charge in [0.25, 0.3) is 0 Å². The van der Waals surface area contributed by atoms with Crippen molar-refractivity contribution < 1.29 is 43.9 Å². The van der Waals surface area contributed by atoms with Gasteiger partial charge in [-0.25, -0.2) is 0 Å². The van der Waals surface area contributed by atoms with Gasteiger partial charge < -0.3 is 26.5 Å². The minimum absolute atomic E-state index is 0. The molecule has 0 aliphatic heterocycles. The molecular formula is C66H63N2O2Pt-3. The quantitative estimate of drug-likeness (QED) is 0.118. The Labute approximate surface area is 449 Å². The fraction of sp³-hybridized carbons (Fsp3) is 0.258. The molecule has 0 unspecified atom stereocenters. The van der Waals surface area contributed by atoms with E-state index in [1.54, 1.807) is 36.4 Å². The molecule has 3 aromatic heterocycles. The predicted molar refractivity (Wildman–Crippen MR) is 294 cm³/mol. The molecule has 0 N–H and O–H groups in total. The molecule has 3 heterocycles. The fourth-order valence-electron chi connectivity index (χ4n) is 10.7. The van der Waals surface area contributed by atoms with Crippen LogP contribution in [0.25, 0.3) is 88.3 Å². The van der Waals surface area contributed by atoms with E-state index in [4.69, 9.17) is 26.5 Å². The average molecular weight is 1120 g/mol. The molecule has 0 spiro atoms. The van der Waals surface area contributed by atoms with Gasteiger partial charge in [0, 0.05) is 64.1 Å². The SMILES string of the molecule is [2H]C([2H])([2H])c1cnc(-c2[c-]c(Oc3[c-]c(-c4cc(-c5ccc(C6([2H])CC(C)(C)C(C)(C)C(C)(C)C6)cc5C)c(C)cn4)c4oc5cc6c(ccc7ccccc76)cc5c4c3)c(C([2H])([2H])[2H])c(-c3ccccc3)c2)cc1C([2H])([2H])[2H].[CH3-].[Pt]. The van der Waals surface area contributed by atoms with Crippen LogP contribution in [0.15, 0.2) is 138 Å². The minimum Gasteiger partial charge on any atom is -0.501 e. The van der Waals surface area contributed by atoms with Crippen LogP contribution >= 0.6 is 0 Å². The second-order valence-corrected chi connectivity index (χ2v) is 20.9. The Morgan fingerprint density at radius 3 is 2.08 bits per heavy atom. The van der Waals surface area contributed by atoms with Crippen LogP contribution < -0.4 is 4.74 Å². The molecule has 1 aliphatic rings. The summed E-state index contributed by atoms with van der Waals surface area (Å²) in [6.07, 6.45) is 4.31. The van der Waals surface area contributed by atoms with E-state index in [-0.39, 0.29) is 78.6 Å². The van der Waals surface area contributed by atoms with Gasteiger partial charge in [-0.15, -0.1) is 11.6 Å². The first-order chi connectivity index (χ1) is 36.9. The molecule has 1 saturated carbocycles. The molecule has 0 atom stereocenters. The van der Waals surface area contributed by atoms with Crippen molar-refractivity contribution in [1.82, 2.24) is 9.97 Å². The third-order valence-electron chi connectivity index (χ3n) is 15.8. The molecule has 71 heavy (non-hydrogen) atoms. The van der Waals surface area contributed by atoms with Crippen LogP contribution in [0.1, 0.15) is 107 Å². The molecule has 0 amide bonds. The molecule has 4 nitrogen and oxygen atoms in total. The van der Waals surface area contributed by atoms with Gasteiger partial charge in [0.2, 0.25) is 0 Å². The molecule has 1 fully saturated rings. The Balaban J connectivity index is 0.00000396. The molecule has 0 saturated heterocycles. The van der Waals surface area contributed by atoms with Gasteiger partial charge in [-0.3, -0.25) is 0 Å². The van der Waals surface area contributed by atoms with E-state index < -0.39 is 37.6 Å². The molecule has 1 aliphatic carbocycles. The van der Waals surface area contributed by atoms with Crippen LogP contribution in [0.3, 0.4) is 0 Å². The van der Waals surface area contributed by atoms with Gasteiger partial charge in [-0.05, 0) is 147 Å². The van der Waals surface area contributed by atoms with E-state index in [2.05, 4.69) is 114 Å². The van der Waals surface area contributed by atoms with Crippen molar-refractivity contribution in [1.29, 1.82) is 0 Å². The number of rotatable bonds is 7. The molecule has 0 bridgehead atoms. The number of fused-ring (bicyclic) bond motifs is 6. The maximum Gasteiger partial charge on any atom is 0.121 e. The predicted octanol–water partition coefficient (Wildman–Crippen LogP) is 18.7. The van der Waals surface area contributed by atoms with E-state index in [0.717, 1.165) is 73.8 Å². The van der Waals surface area contributed by atoms with Crippen LogP contribution in [0.4, 0.5) is 0 Å². The Hall–Kier alpha value is -6.35. The summed E-state index contributed by atoms with van der Waals surface area (Å²) < 4.78 is 100. The molecule has 10 aromatic rings. The van der Waals surface area contributed by atoms with Crippen LogP contribution in [0.5, 0.6) is 11.5 Å². The van der Waals surface area contributed by atoms with E-state index in [9.17, 15) is 1.37 Å². The zero-order valence-electron chi connectivity index (χ0n) is 51.6. The zero-order chi connectivity index (χ0) is 56.6. The third kappa shape index (κ3) is 8.50. The van der Waals surface area contributed by atoms with E-state index in [1.807, 2.05) is 43.5 Å². The maximum absolute atomic E-state index is 10.0. The average Bonchev–Trinajstić information content (AvgIpc) is 3.97. The number of aromatic nitrogens is 2. The van der Waals surface area contributed by atoms with Crippen LogP contribution in [-0.4, -0.2) is 9.97 Å².